The molecule has 4 atom stereocenters. The van der Waals surface area contributed by atoms with Crippen LogP contribution in [-0.2, 0) is 42.4 Å². The minimum absolute atomic E-state index is 0. The second-order valence-electron chi connectivity index (χ2n) is 2.84. The maximum Gasteiger partial charge on any atom is 0.394 e. The minimum Gasteiger partial charge on any atom is -0.479 e. The third-order valence-corrected chi connectivity index (χ3v) is 1.42. The third-order valence-electron chi connectivity index (χ3n) is 1.42. The first kappa shape index (κ1) is 23.7. The summed E-state index contributed by atoms with van der Waals surface area (Å²) in [6.45, 7) is 0. The van der Waals surface area contributed by atoms with Crippen LogP contribution in [0.5, 0.6) is 0 Å². The molecule has 0 aliphatic heterocycles. The fourth-order valence-electron chi connectivity index (χ4n) is 0.615. The van der Waals surface area contributed by atoms with Crippen molar-refractivity contribution in [1.29, 1.82) is 0 Å². The Kier molecular flexibility index (Phi) is 12.9. The number of carbonyl (C=O) groups is 2. The normalized spacial score (nSPS) is 16.7. The maximum absolute atomic E-state index is 10.1. The van der Waals surface area contributed by atoms with Gasteiger partial charge in [0.1, 0.15) is 18.3 Å². The number of hydrogen-bond donors (Lipinski definition) is 7. The molecular formula is C6H12AuO11S. The quantitative estimate of drug-likeness (QED) is 0.113. The van der Waals surface area contributed by atoms with Gasteiger partial charge in [0, 0.05) is 22.4 Å². The Morgan fingerprint density at radius 3 is 1.53 bits per heavy atom. The Morgan fingerprint density at radius 1 is 1.00 bits per heavy atom. The van der Waals surface area contributed by atoms with Crippen LogP contribution in [0.3, 0.4) is 0 Å². The van der Waals surface area contributed by atoms with E-state index in [2.05, 4.69) is 0 Å². The summed E-state index contributed by atoms with van der Waals surface area (Å²) in [5.41, 5.74) is 0. The zero-order chi connectivity index (χ0) is 15.1. The zero-order valence-corrected chi connectivity index (χ0v) is 11.8. The molecule has 0 heterocycles. The van der Waals surface area contributed by atoms with Gasteiger partial charge in [-0.05, 0) is 0 Å². The summed E-state index contributed by atoms with van der Waals surface area (Å²) in [6, 6.07) is 0. The van der Waals surface area contributed by atoms with Gasteiger partial charge in [-0.1, -0.05) is 0 Å². The average Bonchev–Trinajstić information content (AvgIpc) is 2.22. The van der Waals surface area contributed by atoms with E-state index in [1.54, 1.807) is 0 Å². The third kappa shape index (κ3) is 13.8. The number of aliphatic hydroxyl groups excluding tert-OH is 4. The summed E-state index contributed by atoms with van der Waals surface area (Å²) in [5, 5.41) is 43.2. The van der Waals surface area contributed by atoms with E-state index in [0.717, 1.165) is 0 Å². The second kappa shape index (κ2) is 10.4. The van der Waals surface area contributed by atoms with Gasteiger partial charge in [-0.25, -0.2) is 4.79 Å². The zero-order valence-electron chi connectivity index (χ0n) is 8.86. The van der Waals surface area contributed by atoms with Crippen molar-refractivity contribution in [3.8, 4) is 0 Å². The predicted octanol–water partition coefficient (Wildman–Crippen LogP) is -3.94. The molecule has 0 bridgehead atoms. The Labute approximate surface area is 122 Å². The maximum atomic E-state index is 10.1. The van der Waals surface area contributed by atoms with Crippen LogP contribution in [0.2, 0.25) is 0 Å². The molecule has 19 heavy (non-hydrogen) atoms. The van der Waals surface area contributed by atoms with Crippen molar-refractivity contribution < 1.29 is 75.0 Å². The van der Waals surface area contributed by atoms with Crippen molar-refractivity contribution in [1.82, 2.24) is 0 Å². The number of rotatable bonds is 5. The average molecular weight is 489 g/mol. The first-order valence-electron chi connectivity index (χ1n) is 4.02. The van der Waals surface area contributed by atoms with Gasteiger partial charge in [0.05, 0.1) is 0 Å². The van der Waals surface area contributed by atoms with Crippen LogP contribution >= 0.6 is 0 Å². The summed E-state index contributed by atoms with van der Waals surface area (Å²) in [6.07, 6.45) is -8.39. The number of carboxylic acids is 1. The first-order chi connectivity index (χ1) is 7.91. The fourth-order valence-corrected chi connectivity index (χ4v) is 0.615. The molecule has 0 aliphatic carbocycles. The smallest absolute Gasteiger partial charge is 0.394 e. The van der Waals surface area contributed by atoms with Crippen molar-refractivity contribution >= 4 is 22.7 Å². The number of hydrogen-bond acceptors (Lipinski definition) is 8. The molecule has 119 valence electrons. The Bertz CT molecular complexity index is 359. The van der Waals surface area contributed by atoms with Gasteiger partial charge in [0.2, 0.25) is 0 Å². The van der Waals surface area contributed by atoms with Crippen molar-refractivity contribution in [2.75, 3.05) is 0 Å². The summed E-state index contributed by atoms with van der Waals surface area (Å²) < 4.78 is 31.6. The van der Waals surface area contributed by atoms with Crippen LogP contribution in [0.15, 0.2) is 0 Å². The Morgan fingerprint density at radius 2 is 1.32 bits per heavy atom. The number of carbonyl (C=O) groups excluding carboxylic acids is 1. The van der Waals surface area contributed by atoms with Crippen LogP contribution < -0.4 is 0 Å². The second-order valence-corrected chi connectivity index (χ2v) is 3.73. The van der Waals surface area contributed by atoms with Crippen LogP contribution in [0.1, 0.15) is 0 Å². The van der Waals surface area contributed by atoms with Crippen LogP contribution in [0.4, 0.5) is 0 Å². The fraction of sp³-hybridized carbons (Fsp3) is 0.667. The monoisotopic (exact) mass is 489 g/mol. The molecule has 11 nitrogen and oxygen atoms in total. The van der Waals surface area contributed by atoms with E-state index >= 15 is 0 Å². The van der Waals surface area contributed by atoms with Gasteiger partial charge in [0.15, 0.2) is 12.4 Å². The van der Waals surface area contributed by atoms with Crippen molar-refractivity contribution in [3.05, 3.63) is 0 Å². The molecule has 7 N–H and O–H groups in total. The largest absolute Gasteiger partial charge is 0.479 e. The predicted molar refractivity (Wildman–Crippen MR) is 51.9 cm³/mol. The number of aldehydes is 1. The summed E-state index contributed by atoms with van der Waals surface area (Å²) >= 11 is 0. The number of carboxylic acid groups (broad SMARTS) is 1. The molecule has 1 radical (unpaired) electrons. The molecular weight excluding hydrogens is 477 g/mol. The van der Waals surface area contributed by atoms with E-state index in [1.807, 2.05) is 0 Å². The Balaban J connectivity index is -0.000000366. The van der Waals surface area contributed by atoms with Gasteiger partial charge < -0.3 is 30.3 Å². The molecule has 0 fully saturated rings. The van der Waals surface area contributed by atoms with Gasteiger partial charge in [0.25, 0.3) is 0 Å². The van der Waals surface area contributed by atoms with Crippen molar-refractivity contribution in [2.24, 2.45) is 0 Å². The number of aliphatic hydroxyl groups is 4. The molecule has 0 aliphatic rings. The van der Waals surface area contributed by atoms with Crippen LogP contribution in [0.25, 0.3) is 0 Å². The molecule has 0 aromatic carbocycles. The molecule has 4 unspecified atom stereocenters. The molecule has 0 saturated carbocycles. The van der Waals surface area contributed by atoms with E-state index in [0.29, 0.717) is 0 Å². The van der Waals surface area contributed by atoms with Crippen molar-refractivity contribution in [3.63, 3.8) is 0 Å². The summed E-state index contributed by atoms with van der Waals surface area (Å²) in [5.74, 6) is -1.76. The molecule has 0 aromatic rings. The summed E-state index contributed by atoms with van der Waals surface area (Å²) in [7, 11) is -4.67. The molecule has 0 aromatic heterocycles. The molecule has 0 saturated heterocycles. The molecule has 13 heteroatoms. The first-order valence-corrected chi connectivity index (χ1v) is 5.41. The van der Waals surface area contributed by atoms with E-state index in [-0.39, 0.29) is 28.7 Å². The summed E-state index contributed by atoms with van der Waals surface area (Å²) in [4.78, 5) is 20.0. The van der Waals surface area contributed by atoms with Gasteiger partial charge >= 0.3 is 16.4 Å². The van der Waals surface area contributed by atoms with E-state index < -0.39 is 40.8 Å². The number of aliphatic carboxylic acids is 1. The standard InChI is InChI=1S/C6H10O7.Au.H2O4S/c7-1-2(8)3(9)4(10)5(11)6(12)13;;1-5(2,3)4/h1-5,8-11H,(H,12,13);;(H2,1,2,3,4). The van der Waals surface area contributed by atoms with Crippen LogP contribution in [-0.4, -0.2) is 79.7 Å². The van der Waals surface area contributed by atoms with E-state index in [4.69, 9.17) is 43.1 Å². The van der Waals surface area contributed by atoms with Gasteiger partial charge in [-0.3, -0.25) is 9.11 Å². The molecule has 0 rings (SSSR count). The van der Waals surface area contributed by atoms with Crippen LogP contribution in [0, 0.1) is 0 Å². The van der Waals surface area contributed by atoms with E-state index in [9.17, 15) is 9.59 Å². The molecule has 0 amide bonds. The van der Waals surface area contributed by atoms with Crippen molar-refractivity contribution in [2.45, 2.75) is 24.4 Å². The SMILES string of the molecule is O=CC(O)C(O)C(O)C(O)C(=O)O.O=S(=O)(O)O.[Au]. The minimum atomic E-state index is -4.67. The van der Waals surface area contributed by atoms with Gasteiger partial charge in [-0.15, -0.1) is 0 Å². The Hall–Kier alpha value is -0.410. The molecule has 0 spiro atoms. The topological polar surface area (TPSA) is 210 Å². The van der Waals surface area contributed by atoms with E-state index in [1.165, 1.54) is 0 Å². The van der Waals surface area contributed by atoms with Gasteiger partial charge in [-0.2, -0.15) is 8.42 Å².